The summed E-state index contributed by atoms with van der Waals surface area (Å²) in [4.78, 5) is 2.24. The number of morpholine rings is 1. The first-order valence-electron chi connectivity index (χ1n) is 7.95. The van der Waals surface area contributed by atoms with Crippen LogP contribution in [0.3, 0.4) is 0 Å². The summed E-state index contributed by atoms with van der Waals surface area (Å²) in [7, 11) is -2.92. The number of ether oxygens (including phenoxy) is 1. The van der Waals surface area contributed by atoms with E-state index in [0.717, 1.165) is 6.54 Å². The lowest BCUT2D eigenvalue weighted by molar-refractivity contribution is -0.0580. The summed E-state index contributed by atoms with van der Waals surface area (Å²) < 4.78 is 29.5. The van der Waals surface area contributed by atoms with Gasteiger partial charge in [-0.05, 0) is 31.9 Å². The predicted molar refractivity (Wildman–Crippen MR) is 90.0 cm³/mol. The van der Waals surface area contributed by atoms with Crippen LogP contribution in [-0.4, -0.2) is 50.6 Å². The first-order chi connectivity index (χ1) is 10.3. The molecule has 0 aliphatic carbocycles. The van der Waals surface area contributed by atoms with Gasteiger partial charge in [0, 0.05) is 24.9 Å². The van der Waals surface area contributed by atoms with Crippen LogP contribution >= 0.6 is 0 Å². The lowest BCUT2D eigenvalue weighted by Crippen LogP contribution is -2.47. The molecule has 124 valence electrons. The maximum atomic E-state index is 11.7. The molecular formula is C17H27NO3S. The number of hydrogen-bond acceptors (Lipinski definition) is 4. The molecule has 1 aliphatic heterocycles. The van der Waals surface area contributed by atoms with Gasteiger partial charge < -0.3 is 4.74 Å². The van der Waals surface area contributed by atoms with Crippen molar-refractivity contribution in [3.63, 3.8) is 0 Å². The molecule has 4 nitrogen and oxygen atoms in total. The summed E-state index contributed by atoms with van der Waals surface area (Å²) in [6.45, 7) is 9.97. The molecule has 1 heterocycles. The number of sulfone groups is 1. The third-order valence-corrected chi connectivity index (χ3v) is 6.16. The van der Waals surface area contributed by atoms with E-state index in [9.17, 15) is 8.42 Å². The van der Waals surface area contributed by atoms with E-state index in [4.69, 9.17) is 4.74 Å². The summed E-state index contributed by atoms with van der Waals surface area (Å²) in [5, 5.41) is 0. The maximum Gasteiger partial charge on any atom is 0.151 e. The highest BCUT2D eigenvalue weighted by Gasteiger charge is 2.28. The van der Waals surface area contributed by atoms with Crippen LogP contribution in [0.15, 0.2) is 18.2 Å². The number of rotatable bonds is 5. The average Bonchev–Trinajstić information content (AvgIpc) is 2.49. The number of aryl methyl sites for hydroxylation is 2. The summed E-state index contributed by atoms with van der Waals surface area (Å²) in [6, 6.07) is 6.67. The minimum atomic E-state index is -2.92. The van der Waals surface area contributed by atoms with Crippen LogP contribution in [0.5, 0.6) is 0 Å². The first kappa shape index (κ1) is 17.4. The number of nitrogens with zero attached hydrogens (tertiary/aromatic N) is 1. The molecule has 1 aromatic rings. The quantitative estimate of drug-likeness (QED) is 0.834. The topological polar surface area (TPSA) is 46.6 Å². The van der Waals surface area contributed by atoms with Crippen molar-refractivity contribution in [1.29, 1.82) is 0 Å². The second kappa shape index (κ2) is 7.11. The van der Waals surface area contributed by atoms with Crippen LogP contribution in [0.4, 0.5) is 0 Å². The molecule has 2 rings (SSSR count). The molecular weight excluding hydrogens is 298 g/mol. The molecule has 1 saturated heterocycles. The molecule has 2 atom stereocenters. The van der Waals surface area contributed by atoms with E-state index in [1.807, 2.05) is 0 Å². The highest BCUT2D eigenvalue weighted by Crippen LogP contribution is 2.28. The van der Waals surface area contributed by atoms with E-state index in [1.165, 1.54) is 16.7 Å². The van der Waals surface area contributed by atoms with Gasteiger partial charge in [0.1, 0.15) is 0 Å². The van der Waals surface area contributed by atoms with E-state index in [-0.39, 0.29) is 23.7 Å². The van der Waals surface area contributed by atoms with Gasteiger partial charge in [-0.1, -0.05) is 30.7 Å². The van der Waals surface area contributed by atoms with Crippen LogP contribution in [0.1, 0.15) is 36.6 Å². The molecule has 5 heteroatoms. The van der Waals surface area contributed by atoms with Gasteiger partial charge in [0.05, 0.1) is 18.5 Å². The Bertz CT molecular complexity index is 612. The van der Waals surface area contributed by atoms with Gasteiger partial charge >= 0.3 is 0 Å². The Hall–Kier alpha value is -0.910. The molecule has 1 fully saturated rings. The van der Waals surface area contributed by atoms with E-state index in [2.05, 4.69) is 43.9 Å². The van der Waals surface area contributed by atoms with Crippen LogP contribution in [0.2, 0.25) is 0 Å². The maximum absolute atomic E-state index is 11.7. The van der Waals surface area contributed by atoms with Crippen molar-refractivity contribution in [3.8, 4) is 0 Å². The van der Waals surface area contributed by atoms with Crippen molar-refractivity contribution in [1.82, 2.24) is 4.90 Å². The average molecular weight is 325 g/mol. The fourth-order valence-corrected chi connectivity index (χ4v) is 3.62. The van der Waals surface area contributed by atoms with Crippen LogP contribution in [0.25, 0.3) is 0 Å². The molecule has 0 aromatic heterocycles. The fraction of sp³-hybridized carbons (Fsp3) is 0.647. The second-order valence-electron chi connectivity index (χ2n) is 6.26. The molecule has 22 heavy (non-hydrogen) atoms. The Labute approximate surface area is 134 Å². The van der Waals surface area contributed by atoms with Crippen molar-refractivity contribution in [2.75, 3.05) is 31.2 Å². The monoisotopic (exact) mass is 325 g/mol. The number of benzene rings is 1. The van der Waals surface area contributed by atoms with Crippen LogP contribution in [0, 0.1) is 13.8 Å². The number of hydrogen-bond donors (Lipinski definition) is 0. The van der Waals surface area contributed by atoms with Gasteiger partial charge in [0.15, 0.2) is 9.84 Å². The summed E-state index contributed by atoms with van der Waals surface area (Å²) >= 11 is 0. The second-order valence-corrected chi connectivity index (χ2v) is 8.74. The zero-order valence-electron chi connectivity index (χ0n) is 14.0. The van der Waals surface area contributed by atoms with E-state index < -0.39 is 9.84 Å². The molecule has 0 spiro atoms. The zero-order chi connectivity index (χ0) is 16.3. The fourth-order valence-electron chi connectivity index (χ4n) is 2.81. The SMILES string of the molecule is CCS(=O)(=O)CCN1CC(c2cc(C)ccc2C)OCC1C. The van der Waals surface area contributed by atoms with E-state index >= 15 is 0 Å². The van der Waals surface area contributed by atoms with Gasteiger partial charge in [-0.2, -0.15) is 0 Å². The Morgan fingerprint density at radius 1 is 1.32 bits per heavy atom. The Kier molecular flexibility index (Phi) is 5.64. The lowest BCUT2D eigenvalue weighted by atomic mass is 9.99. The third-order valence-electron chi connectivity index (χ3n) is 4.47. The largest absolute Gasteiger partial charge is 0.371 e. The minimum absolute atomic E-state index is 0.0282. The van der Waals surface area contributed by atoms with Gasteiger partial charge in [-0.3, -0.25) is 4.90 Å². The Morgan fingerprint density at radius 3 is 2.73 bits per heavy atom. The first-order valence-corrected chi connectivity index (χ1v) is 9.77. The predicted octanol–water partition coefficient (Wildman–Crippen LogP) is 2.50. The molecule has 2 unspecified atom stereocenters. The zero-order valence-corrected chi connectivity index (χ0v) is 14.8. The van der Waals surface area contributed by atoms with E-state index in [1.54, 1.807) is 6.92 Å². The summed E-state index contributed by atoms with van der Waals surface area (Å²) in [5.41, 5.74) is 3.67. The van der Waals surface area contributed by atoms with Crippen molar-refractivity contribution >= 4 is 9.84 Å². The standard InChI is InChI=1S/C17H27NO3S/c1-5-22(19,20)9-8-18-11-17(21-12-15(18)4)16-10-13(2)6-7-14(16)3/h6-7,10,15,17H,5,8-9,11-12H2,1-4H3. The van der Waals surface area contributed by atoms with Gasteiger partial charge in [0.2, 0.25) is 0 Å². The van der Waals surface area contributed by atoms with Gasteiger partial charge in [-0.25, -0.2) is 8.42 Å². The lowest BCUT2D eigenvalue weighted by Gasteiger charge is -2.38. The van der Waals surface area contributed by atoms with Crippen molar-refractivity contribution in [3.05, 3.63) is 34.9 Å². The third kappa shape index (κ3) is 4.31. The van der Waals surface area contributed by atoms with Crippen LogP contribution in [-0.2, 0) is 14.6 Å². The molecule has 0 radical (unpaired) electrons. The van der Waals surface area contributed by atoms with Crippen molar-refractivity contribution in [2.24, 2.45) is 0 Å². The molecule has 0 bridgehead atoms. The highest BCUT2D eigenvalue weighted by atomic mass is 32.2. The molecule has 1 aromatic carbocycles. The smallest absolute Gasteiger partial charge is 0.151 e. The summed E-state index contributed by atoms with van der Waals surface area (Å²) in [5.74, 6) is 0.444. The minimum Gasteiger partial charge on any atom is -0.371 e. The molecule has 0 saturated carbocycles. The van der Waals surface area contributed by atoms with Gasteiger partial charge in [-0.15, -0.1) is 0 Å². The Morgan fingerprint density at radius 2 is 2.05 bits per heavy atom. The highest BCUT2D eigenvalue weighted by molar-refractivity contribution is 7.91. The molecule has 0 N–H and O–H groups in total. The Balaban J connectivity index is 2.09. The normalized spacial score (nSPS) is 23.6. The van der Waals surface area contributed by atoms with E-state index in [0.29, 0.717) is 13.2 Å². The summed E-state index contributed by atoms with van der Waals surface area (Å²) in [6.07, 6.45) is 0.0282. The van der Waals surface area contributed by atoms with Gasteiger partial charge in [0.25, 0.3) is 0 Å². The van der Waals surface area contributed by atoms with Crippen molar-refractivity contribution in [2.45, 2.75) is 39.8 Å². The van der Waals surface area contributed by atoms with Crippen molar-refractivity contribution < 1.29 is 13.2 Å². The molecule has 1 aliphatic rings. The molecule has 0 amide bonds. The van der Waals surface area contributed by atoms with Crippen LogP contribution < -0.4 is 0 Å².